The predicted molar refractivity (Wildman–Crippen MR) is 119 cm³/mol. The summed E-state index contributed by atoms with van der Waals surface area (Å²) in [5, 5.41) is 5.41. The molecule has 2 N–H and O–H groups in total. The first-order chi connectivity index (χ1) is 16.9. The van der Waals surface area contributed by atoms with Crippen molar-refractivity contribution in [2.75, 3.05) is 19.7 Å². The zero-order valence-electron chi connectivity index (χ0n) is 19.8. The predicted octanol–water partition coefficient (Wildman–Crippen LogP) is 1.66. The van der Waals surface area contributed by atoms with E-state index in [2.05, 4.69) is 15.4 Å². The van der Waals surface area contributed by atoms with Gasteiger partial charge in [0.1, 0.15) is 23.8 Å². The molecule has 196 valence electrons. The van der Waals surface area contributed by atoms with Crippen LogP contribution in [0.3, 0.4) is 0 Å². The van der Waals surface area contributed by atoms with E-state index in [9.17, 15) is 32.3 Å². The number of likely N-dealkylation sites (tertiary alicyclic amines) is 1. The van der Waals surface area contributed by atoms with Gasteiger partial charge in [-0.15, -0.1) is 13.2 Å². The number of benzene rings is 1. The number of aldehydes is 1. The Bertz CT molecular complexity index is 1030. The first kappa shape index (κ1) is 25.8. The molecule has 2 saturated heterocycles. The van der Waals surface area contributed by atoms with Crippen molar-refractivity contribution >= 4 is 24.0 Å². The second kappa shape index (κ2) is 9.62. The zero-order chi connectivity index (χ0) is 26.3. The number of rotatable bonds is 9. The van der Waals surface area contributed by atoms with Gasteiger partial charge >= 0.3 is 6.36 Å². The third-order valence-corrected chi connectivity index (χ3v) is 7.41. The number of nitrogens with zero attached hydrogens (tertiary/aromatic N) is 1. The smallest absolute Gasteiger partial charge is 0.484 e. The largest absolute Gasteiger partial charge is 0.573 e. The Hall–Kier alpha value is -3.31. The maximum absolute atomic E-state index is 13.2. The van der Waals surface area contributed by atoms with Crippen molar-refractivity contribution in [2.45, 2.75) is 45.1 Å². The third-order valence-electron chi connectivity index (χ3n) is 7.41. The van der Waals surface area contributed by atoms with Crippen LogP contribution >= 0.6 is 0 Å². The monoisotopic (exact) mass is 511 g/mol. The molecule has 2 heterocycles. The van der Waals surface area contributed by atoms with Crippen LogP contribution in [0.15, 0.2) is 24.3 Å². The summed E-state index contributed by atoms with van der Waals surface area (Å²) in [7, 11) is 0. The minimum absolute atomic E-state index is 0.0812. The van der Waals surface area contributed by atoms with E-state index >= 15 is 0 Å². The normalized spacial score (nSPS) is 27.0. The van der Waals surface area contributed by atoms with Gasteiger partial charge in [-0.25, -0.2) is 0 Å². The Morgan fingerprint density at radius 1 is 1.25 bits per heavy atom. The van der Waals surface area contributed by atoms with Gasteiger partial charge in [-0.2, -0.15) is 0 Å². The molecule has 3 aliphatic rings. The van der Waals surface area contributed by atoms with Crippen molar-refractivity contribution in [1.29, 1.82) is 0 Å². The number of carbonyl (C=O) groups is 4. The van der Waals surface area contributed by atoms with E-state index in [4.69, 9.17) is 4.74 Å². The minimum Gasteiger partial charge on any atom is -0.484 e. The molecule has 5 atom stereocenters. The molecule has 2 aliphatic heterocycles. The second-order valence-electron chi connectivity index (χ2n) is 10.0. The van der Waals surface area contributed by atoms with Crippen molar-refractivity contribution in [3.63, 3.8) is 0 Å². The lowest BCUT2D eigenvalue weighted by molar-refractivity contribution is -0.274. The first-order valence-electron chi connectivity index (χ1n) is 11.7. The number of amides is 3. The molecule has 4 rings (SSSR count). The van der Waals surface area contributed by atoms with Crippen molar-refractivity contribution in [1.82, 2.24) is 15.5 Å². The highest BCUT2D eigenvalue weighted by Gasteiger charge is 2.69. The number of fused-ring (bicyclic) bond motifs is 1. The Labute approximate surface area is 205 Å². The van der Waals surface area contributed by atoms with Crippen LogP contribution in [0.5, 0.6) is 11.5 Å². The zero-order valence-corrected chi connectivity index (χ0v) is 19.8. The molecule has 12 heteroatoms. The fourth-order valence-corrected chi connectivity index (χ4v) is 5.40. The van der Waals surface area contributed by atoms with Crippen molar-refractivity contribution in [3.05, 3.63) is 24.3 Å². The van der Waals surface area contributed by atoms with E-state index in [0.717, 1.165) is 12.1 Å². The van der Waals surface area contributed by atoms with Gasteiger partial charge in [0, 0.05) is 19.0 Å². The molecule has 1 aromatic rings. The average Bonchev–Trinajstić information content (AvgIpc) is 3.16. The van der Waals surface area contributed by atoms with Crippen LogP contribution in [-0.2, 0) is 19.2 Å². The van der Waals surface area contributed by atoms with Crippen LogP contribution in [-0.4, -0.2) is 67.1 Å². The molecule has 1 unspecified atom stereocenters. The number of nitrogens with one attached hydrogen (secondary N) is 2. The molecule has 3 fully saturated rings. The molecule has 0 spiro atoms. The average molecular weight is 511 g/mol. The number of hydrogen-bond donors (Lipinski definition) is 2. The third kappa shape index (κ3) is 5.41. The number of hydrogen-bond acceptors (Lipinski definition) is 6. The van der Waals surface area contributed by atoms with E-state index in [1.165, 1.54) is 17.0 Å². The topological polar surface area (TPSA) is 114 Å². The lowest BCUT2D eigenvalue weighted by Gasteiger charge is -2.31. The summed E-state index contributed by atoms with van der Waals surface area (Å²) in [5.74, 6) is -1.62. The van der Waals surface area contributed by atoms with Crippen molar-refractivity contribution in [2.24, 2.45) is 23.2 Å². The standard InChI is InChI=1S/C24H28F3N3O6/c1-23(2)17-10-30(18(32)12-35-15-3-5-16(6-4-15)36-24(25,26)27)20(19(17)23)22(34)29-14(11-31)9-13-7-8-28-21(13)33/h3-6,11,13-14,17,19-20H,7-10,12H2,1-2H3,(H,28,33)(H,29,34)/t13?,14-,17-,19-,20-/m0/s1. The summed E-state index contributed by atoms with van der Waals surface area (Å²) in [6.07, 6.45) is -3.43. The van der Waals surface area contributed by atoms with E-state index < -0.39 is 42.6 Å². The summed E-state index contributed by atoms with van der Waals surface area (Å²) in [5.41, 5.74) is -0.143. The van der Waals surface area contributed by atoms with Gasteiger partial charge in [0.15, 0.2) is 6.61 Å². The number of carbonyl (C=O) groups excluding carboxylic acids is 4. The van der Waals surface area contributed by atoms with Crippen LogP contribution in [0.4, 0.5) is 13.2 Å². The van der Waals surface area contributed by atoms with Gasteiger partial charge in [0.2, 0.25) is 11.8 Å². The quantitative estimate of drug-likeness (QED) is 0.488. The van der Waals surface area contributed by atoms with E-state index in [-0.39, 0.29) is 41.2 Å². The lowest BCUT2D eigenvalue weighted by Crippen LogP contribution is -2.53. The highest BCUT2D eigenvalue weighted by atomic mass is 19.4. The Balaban J connectivity index is 1.37. The van der Waals surface area contributed by atoms with Gasteiger partial charge in [-0.3, -0.25) is 14.4 Å². The Morgan fingerprint density at radius 2 is 1.92 bits per heavy atom. The molecule has 1 saturated carbocycles. The van der Waals surface area contributed by atoms with Crippen LogP contribution in [0, 0.1) is 23.2 Å². The van der Waals surface area contributed by atoms with Crippen molar-refractivity contribution in [3.8, 4) is 11.5 Å². The molecule has 1 aliphatic carbocycles. The Morgan fingerprint density at radius 3 is 2.50 bits per heavy atom. The molecule has 0 bridgehead atoms. The van der Waals surface area contributed by atoms with E-state index in [0.29, 0.717) is 25.8 Å². The van der Waals surface area contributed by atoms with Crippen LogP contribution in [0.1, 0.15) is 26.7 Å². The van der Waals surface area contributed by atoms with Crippen molar-refractivity contribution < 1.29 is 41.8 Å². The van der Waals surface area contributed by atoms with Gasteiger partial charge in [0.25, 0.3) is 5.91 Å². The summed E-state index contributed by atoms with van der Waals surface area (Å²) >= 11 is 0. The van der Waals surface area contributed by atoms with Gasteiger partial charge in [-0.1, -0.05) is 13.8 Å². The Kier molecular flexibility index (Phi) is 6.89. The molecule has 1 aromatic carbocycles. The van der Waals surface area contributed by atoms with E-state index in [1.807, 2.05) is 13.8 Å². The summed E-state index contributed by atoms with van der Waals surface area (Å²) < 4.78 is 46.2. The fraction of sp³-hybridized carbons (Fsp3) is 0.583. The molecule has 36 heavy (non-hydrogen) atoms. The number of alkyl halides is 3. The highest BCUT2D eigenvalue weighted by molar-refractivity contribution is 5.91. The summed E-state index contributed by atoms with van der Waals surface area (Å²) in [4.78, 5) is 51.1. The van der Waals surface area contributed by atoms with Gasteiger partial charge in [-0.05, 0) is 54.4 Å². The number of halogens is 3. The summed E-state index contributed by atoms with van der Waals surface area (Å²) in [6, 6.07) is 3.00. The first-order valence-corrected chi connectivity index (χ1v) is 11.7. The van der Waals surface area contributed by atoms with Crippen LogP contribution < -0.4 is 20.1 Å². The second-order valence-corrected chi connectivity index (χ2v) is 10.0. The number of ether oxygens (including phenoxy) is 2. The molecule has 0 aromatic heterocycles. The van der Waals surface area contributed by atoms with Gasteiger partial charge in [0.05, 0.1) is 6.04 Å². The fourth-order valence-electron chi connectivity index (χ4n) is 5.40. The summed E-state index contributed by atoms with van der Waals surface area (Å²) in [6.45, 7) is 4.51. The molecular formula is C24H28F3N3O6. The molecule has 9 nitrogen and oxygen atoms in total. The SMILES string of the molecule is CC1(C)[C@@H]2[C@@H](C(=O)N[C@H](C=O)CC3CCNC3=O)N(C(=O)COc3ccc(OC(F)(F)F)cc3)C[C@@H]21. The lowest BCUT2D eigenvalue weighted by atomic mass is 9.97. The number of piperidine rings is 1. The van der Waals surface area contributed by atoms with Crippen LogP contribution in [0.25, 0.3) is 0 Å². The molecular weight excluding hydrogens is 483 g/mol. The minimum atomic E-state index is -4.81. The van der Waals surface area contributed by atoms with Crippen LogP contribution in [0.2, 0.25) is 0 Å². The van der Waals surface area contributed by atoms with Gasteiger partial charge < -0.3 is 29.8 Å². The maximum Gasteiger partial charge on any atom is 0.573 e. The maximum atomic E-state index is 13.2. The highest BCUT2D eigenvalue weighted by Crippen LogP contribution is 2.64. The molecule has 0 radical (unpaired) electrons. The molecule has 3 amide bonds. The van der Waals surface area contributed by atoms with E-state index in [1.54, 1.807) is 0 Å².